The van der Waals surface area contributed by atoms with Gasteiger partial charge in [-0.2, -0.15) is 0 Å². The highest BCUT2D eigenvalue weighted by atomic mass is 79.9. The highest BCUT2D eigenvalue weighted by molar-refractivity contribution is 9.10. The fourth-order valence-corrected chi connectivity index (χ4v) is 4.04. The molecule has 1 N–H and O–H groups in total. The number of hydrogen-bond donors (Lipinski definition) is 1. The molecule has 0 aliphatic heterocycles. The average Bonchev–Trinajstić information content (AvgIpc) is 2.44. The van der Waals surface area contributed by atoms with Crippen LogP contribution in [0.1, 0.15) is 20.8 Å². The summed E-state index contributed by atoms with van der Waals surface area (Å²) in [7, 11) is -2.16. The molecule has 120 valence electrons. The van der Waals surface area contributed by atoms with Crippen LogP contribution in [0.5, 0.6) is 5.75 Å². The highest BCUT2D eigenvalue weighted by Crippen LogP contribution is 2.27. The number of rotatable bonds is 8. The summed E-state index contributed by atoms with van der Waals surface area (Å²) >= 11 is 3.29. The smallest absolute Gasteiger partial charge is 0.244 e. The SMILES string of the molecule is CCN(CC)CC(C)NS(=O)(=O)c1cc(Br)ccc1OC. The lowest BCUT2D eigenvalue weighted by Crippen LogP contribution is -2.41. The van der Waals surface area contributed by atoms with Crippen LogP contribution < -0.4 is 9.46 Å². The Kier molecular flexibility index (Phi) is 7.12. The molecule has 1 unspecified atom stereocenters. The number of benzene rings is 1. The fraction of sp³-hybridized carbons (Fsp3) is 0.571. The third-order valence-electron chi connectivity index (χ3n) is 3.20. The zero-order valence-corrected chi connectivity index (χ0v) is 15.3. The number of ether oxygens (including phenoxy) is 1. The van der Waals surface area contributed by atoms with Crippen LogP contribution in [0.15, 0.2) is 27.6 Å². The van der Waals surface area contributed by atoms with Crippen LogP contribution in [0.25, 0.3) is 0 Å². The summed E-state index contributed by atoms with van der Waals surface area (Å²) in [5, 5.41) is 0. The Hall–Kier alpha value is -0.630. The van der Waals surface area contributed by atoms with Crippen molar-refractivity contribution in [3.8, 4) is 5.75 Å². The van der Waals surface area contributed by atoms with Gasteiger partial charge in [0.2, 0.25) is 10.0 Å². The van der Waals surface area contributed by atoms with Crippen LogP contribution in [-0.2, 0) is 10.0 Å². The number of hydrogen-bond acceptors (Lipinski definition) is 4. The number of sulfonamides is 1. The minimum Gasteiger partial charge on any atom is -0.495 e. The van der Waals surface area contributed by atoms with E-state index >= 15 is 0 Å². The number of nitrogens with zero attached hydrogens (tertiary/aromatic N) is 1. The number of likely N-dealkylation sites (N-methyl/N-ethyl adjacent to an activating group) is 1. The fourth-order valence-electron chi connectivity index (χ4n) is 2.10. The summed E-state index contributed by atoms with van der Waals surface area (Å²) in [5.74, 6) is 0.334. The second kappa shape index (κ2) is 8.12. The van der Waals surface area contributed by atoms with E-state index in [4.69, 9.17) is 4.74 Å². The highest BCUT2D eigenvalue weighted by Gasteiger charge is 2.22. The molecule has 7 heteroatoms. The van der Waals surface area contributed by atoms with E-state index in [0.29, 0.717) is 16.8 Å². The molecular weight excluding hydrogens is 356 g/mol. The van der Waals surface area contributed by atoms with Gasteiger partial charge in [-0.1, -0.05) is 29.8 Å². The second-order valence-corrected chi connectivity index (χ2v) is 7.40. The minimum atomic E-state index is -3.62. The topological polar surface area (TPSA) is 58.6 Å². The summed E-state index contributed by atoms with van der Waals surface area (Å²) in [4.78, 5) is 2.32. The van der Waals surface area contributed by atoms with Crippen molar-refractivity contribution in [3.05, 3.63) is 22.7 Å². The zero-order chi connectivity index (χ0) is 16.0. The predicted octanol–water partition coefficient (Wildman–Crippen LogP) is 2.47. The van der Waals surface area contributed by atoms with Crippen molar-refractivity contribution >= 4 is 26.0 Å². The van der Waals surface area contributed by atoms with Crippen LogP contribution in [0, 0.1) is 0 Å². The molecule has 21 heavy (non-hydrogen) atoms. The van der Waals surface area contributed by atoms with E-state index in [-0.39, 0.29) is 10.9 Å². The van der Waals surface area contributed by atoms with E-state index < -0.39 is 10.0 Å². The molecule has 1 atom stereocenters. The molecular formula is C14H23BrN2O3S. The summed E-state index contributed by atoms with van der Waals surface area (Å²) in [6, 6.07) is 4.74. The van der Waals surface area contributed by atoms with Crippen molar-refractivity contribution in [1.82, 2.24) is 9.62 Å². The third-order valence-corrected chi connectivity index (χ3v) is 5.30. The molecule has 1 aromatic carbocycles. The molecule has 0 aromatic heterocycles. The van der Waals surface area contributed by atoms with E-state index in [2.05, 4.69) is 39.4 Å². The van der Waals surface area contributed by atoms with E-state index in [0.717, 1.165) is 13.1 Å². The van der Waals surface area contributed by atoms with E-state index in [9.17, 15) is 8.42 Å². The Morgan fingerprint density at radius 1 is 1.33 bits per heavy atom. The lowest BCUT2D eigenvalue weighted by atomic mass is 10.3. The Balaban J connectivity index is 2.94. The van der Waals surface area contributed by atoms with Gasteiger partial charge in [-0.15, -0.1) is 0 Å². The van der Waals surface area contributed by atoms with Crippen LogP contribution in [0.2, 0.25) is 0 Å². The van der Waals surface area contributed by atoms with Crippen LogP contribution in [-0.4, -0.2) is 46.1 Å². The molecule has 0 spiro atoms. The predicted molar refractivity (Wildman–Crippen MR) is 88.3 cm³/mol. The van der Waals surface area contributed by atoms with Crippen LogP contribution in [0.3, 0.4) is 0 Å². The monoisotopic (exact) mass is 378 g/mol. The quantitative estimate of drug-likeness (QED) is 0.754. The lowest BCUT2D eigenvalue weighted by molar-refractivity contribution is 0.282. The van der Waals surface area contributed by atoms with Gasteiger partial charge in [0, 0.05) is 17.1 Å². The lowest BCUT2D eigenvalue weighted by Gasteiger charge is -2.23. The molecule has 0 fully saturated rings. The first kappa shape index (κ1) is 18.4. The Morgan fingerprint density at radius 3 is 2.48 bits per heavy atom. The number of halogens is 1. The van der Waals surface area contributed by atoms with E-state index in [1.165, 1.54) is 7.11 Å². The van der Waals surface area contributed by atoms with Gasteiger partial charge in [0.25, 0.3) is 0 Å². The standard InChI is InChI=1S/C14H23BrN2O3S/c1-5-17(6-2)10-11(3)16-21(18,19)14-9-12(15)7-8-13(14)20-4/h7-9,11,16H,5-6,10H2,1-4H3. The molecule has 1 aromatic rings. The Morgan fingerprint density at radius 2 is 1.95 bits per heavy atom. The van der Waals surface area contributed by atoms with Gasteiger partial charge in [0.15, 0.2) is 0 Å². The van der Waals surface area contributed by atoms with Gasteiger partial charge in [-0.25, -0.2) is 13.1 Å². The zero-order valence-electron chi connectivity index (χ0n) is 12.9. The van der Waals surface area contributed by atoms with Crippen molar-refractivity contribution in [3.63, 3.8) is 0 Å². The Bertz CT molecular complexity index is 559. The largest absolute Gasteiger partial charge is 0.495 e. The molecule has 0 amide bonds. The second-order valence-electron chi connectivity index (χ2n) is 4.80. The molecule has 0 aliphatic carbocycles. The summed E-state index contributed by atoms with van der Waals surface area (Å²) in [6.07, 6.45) is 0. The van der Waals surface area contributed by atoms with Gasteiger partial charge in [-0.3, -0.25) is 0 Å². The van der Waals surface area contributed by atoms with Crippen molar-refractivity contribution in [2.24, 2.45) is 0 Å². The molecule has 0 saturated heterocycles. The molecule has 0 radical (unpaired) electrons. The molecule has 1 rings (SSSR count). The molecule has 5 nitrogen and oxygen atoms in total. The molecule has 0 bridgehead atoms. The Labute approximate surface area is 135 Å². The normalized spacial score (nSPS) is 13.4. The summed E-state index contributed by atoms with van der Waals surface area (Å²) in [6.45, 7) is 8.43. The first-order valence-corrected chi connectivity index (χ1v) is 9.19. The third kappa shape index (κ3) is 5.25. The molecule has 0 heterocycles. The first-order valence-electron chi connectivity index (χ1n) is 6.92. The number of nitrogens with one attached hydrogen (secondary N) is 1. The minimum absolute atomic E-state index is 0.144. The van der Waals surface area contributed by atoms with Gasteiger partial charge in [0.1, 0.15) is 10.6 Å². The van der Waals surface area contributed by atoms with Gasteiger partial charge >= 0.3 is 0 Å². The molecule has 0 aliphatic rings. The van der Waals surface area contributed by atoms with Gasteiger partial charge in [0.05, 0.1) is 7.11 Å². The maximum Gasteiger partial charge on any atom is 0.244 e. The maximum atomic E-state index is 12.5. The number of methoxy groups -OCH3 is 1. The van der Waals surface area contributed by atoms with Crippen LogP contribution >= 0.6 is 15.9 Å². The van der Waals surface area contributed by atoms with E-state index in [1.807, 2.05) is 6.92 Å². The van der Waals surface area contributed by atoms with Gasteiger partial charge in [-0.05, 0) is 38.2 Å². The van der Waals surface area contributed by atoms with E-state index in [1.54, 1.807) is 18.2 Å². The summed E-state index contributed by atoms with van der Waals surface area (Å²) < 4.78 is 33.5. The molecule has 0 saturated carbocycles. The van der Waals surface area contributed by atoms with Crippen molar-refractivity contribution < 1.29 is 13.2 Å². The summed E-state index contributed by atoms with van der Waals surface area (Å²) in [5.41, 5.74) is 0. The first-order chi connectivity index (χ1) is 9.83. The maximum absolute atomic E-state index is 12.5. The van der Waals surface area contributed by atoms with Crippen LogP contribution in [0.4, 0.5) is 0 Å². The van der Waals surface area contributed by atoms with Crippen molar-refractivity contribution in [2.75, 3.05) is 26.7 Å². The average molecular weight is 379 g/mol. The van der Waals surface area contributed by atoms with Crippen molar-refractivity contribution in [1.29, 1.82) is 0 Å². The van der Waals surface area contributed by atoms with Crippen molar-refractivity contribution in [2.45, 2.75) is 31.7 Å². The van der Waals surface area contributed by atoms with Gasteiger partial charge < -0.3 is 9.64 Å².